The number of azo groups is 2. The fraction of sp³-hybridized carbons (Fsp3) is 0.242. The predicted octanol–water partition coefficient (Wildman–Crippen LogP) is 5.98. The van der Waals surface area contributed by atoms with Gasteiger partial charge in [0.15, 0.2) is 6.54 Å². The standard InChI is InChI=1S/C33H33N5O3/c1-24(2)32(38-19-6-16-35-38)36-33(40)30(21-31(39)41-23-25-7-4-3-5-8-25)37-20-15-29(22-37)27-11-9-26(10-12-27)28-13-17-34-18-14-28/h3-18,20,22,24,30,32H,19,21,23H2,1-2H3/p+1/t30-,32-/m1/s1. The largest absolute Gasteiger partial charge is 0.461 e. The molecular formula is C33H34N5O3+. The van der Waals surface area contributed by atoms with Crippen molar-refractivity contribution >= 4 is 11.9 Å². The summed E-state index contributed by atoms with van der Waals surface area (Å²) in [6, 6.07) is 22.8. The zero-order valence-electron chi connectivity index (χ0n) is 23.3. The maximum atomic E-state index is 13.7. The molecule has 0 saturated heterocycles. The van der Waals surface area contributed by atoms with Gasteiger partial charge in [-0.3, -0.25) is 19.9 Å². The number of aromatic nitrogens is 2. The fourth-order valence-corrected chi connectivity index (χ4v) is 4.81. The van der Waals surface area contributed by atoms with Crippen LogP contribution in [0.15, 0.2) is 115 Å². The molecule has 2 atom stereocenters. The van der Waals surface area contributed by atoms with Crippen molar-refractivity contribution in [3.8, 4) is 22.3 Å². The van der Waals surface area contributed by atoms with Crippen LogP contribution in [0.5, 0.6) is 0 Å². The Balaban J connectivity index is 1.35. The summed E-state index contributed by atoms with van der Waals surface area (Å²) in [5.41, 5.74) is 5.03. The molecule has 0 fully saturated rings. The van der Waals surface area contributed by atoms with Crippen LogP contribution < -0.4 is 5.32 Å². The molecule has 0 spiro atoms. The average molecular weight is 549 g/mol. The molecular weight excluding hydrogens is 514 g/mol. The number of esters is 1. The second kappa shape index (κ2) is 13.0. The second-order valence-electron chi connectivity index (χ2n) is 10.3. The Labute approximate surface area is 240 Å². The summed E-state index contributed by atoms with van der Waals surface area (Å²) in [5.74, 6) is -0.607. The first-order valence-electron chi connectivity index (χ1n) is 13.8. The molecule has 0 saturated carbocycles. The number of benzene rings is 2. The molecule has 208 valence electrons. The summed E-state index contributed by atoms with van der Waals surface area (Å²) < 4.78 is 9.19. The Morgan fingerprint density at radius 3 is 2.27 bits per heavy atom. The van der Waals surface area contributed by atoms with Gasteiger partial charge in [-0.05, 0) is 51.1 Å². The van der Waals surface area contributed by atoms with Gasteiger partial charge >= 0.3 is 5.97 Å². The Morgan fingerprint density at radius 2 is 1.61 bits per heavy atom. The van der Waals surface area contributed by atoms with Gasteiger partial charge in [-0.2, -0.15) is 0 Å². The van der Waals surface area contributed by atoms with Crippen molar-refractivity contribution in [2.24, 2.45) is 11.0 Å². The van der Waals surface area contributed by atoms with Gasteiger partial charge in [0.05, 0.1) is 12.6 Å². The van der Waals surface area contributed by atoms with E-state index >= 15 is 0 Å². The van der Waals surface area contributed by atoms with E-state index in [1.807, 2.05) is 85.5 Å². The van der Waals surface area contributed by atoms with Crippen LogP contribution in [-0.4, -0.2) is 38.8 Å². The average Bonchev–Trinajstić information content (AvgIpc) is 3.72. The van der Waals surface area contributed by atoms with Gasteiger partial charge in [0, 0.05) is 36.8 Å². The highest BCUT2D eigenvalue weighted by Gasteiger charge is 2.33. The lowest BCUT2D eigenvalue weighted by Crippen LogP contribution is -2.48. The van der Waals surface area contributed by atoms with Crippen LogP contribution in [0.3, 0.4) is 0 Å². The van der Waals surface area contributed by atoms with E-state index in [2.05, 4.69) is 39.7 Å². The predicted molar refractivity (Wildman–Crippen MR) is 156 cm³/mol. The summed E-state index contributed by atoms with van der Waals surface area (Å²) in [5, 5.41) is 7.51. The molecule has 1 aliphatic heterocycles. The lowest BCUT2D eigenvalue weighted by Gasteiger charge is -2.22. The van der Waals surface area contributed by atoms with E-state index in [4.69, 9.17) is 4.74 Å². The summed E-state index contributed by atoms with van der Waals surface area (Å²) in [7, 11) is 0. The first-order valence-corrected chi connectivity index (χ1v) is 13.8. The number of nitrogens with one attached hydrogen (secondary N) is 1. The molecule has 0 unspecified atom stereocenters. The number of nitrogens with zero attached hydrogens (tertiary/aromatic N) is 4. The third-order valence-electron chi connectivity index (χ3n) is 7.07. The third kappa shape index (κ3) is 7.03. The third-order valence-corrected chi connectivity index (χ3v) is 7.07. The molecule has 1 N–H and O–H groups in total. The number of carbonyl (C=O) groups excluding carboxylic acids is 2. The number of ether oxygens (including phenoxy) is 1. The Kier molecular flexibility index (Phi) is 8.79. The molecule has 8 nitrogen and oxygen atoms in total. The topological polar surface area (TPSA) is 88.6 Å². The summed E-state index contributed by atoms with van der Waals surface area (Å²) >= 11 is 0. The highest BCUT2D eigenvalue weighted by Crippen LogP contribution is 2.27. The summed E-state index contributed by atoms with van der Waals surface area (Å²) in [6.45, 7) is 4.84. The van der Waals surface area contributed by atoms with E-state index in [1.54, 1.807) is 23.2 Å². The zero-order valence-corrected chi connectivity index (χ0v) is 23.3. The van der Waals surface area contributed by atoms with Crippen molar-refractivity contribution in [3.05, 3.63) is 115 Å². The first kappa shape index (κ1) is 27.7. The highest BCUT2D eigenvalue weighted by atomic mass is 16.5. The molecule has 0 aliphatic carbocycles. The normalized spacial score (nSPS) is 14.0. The van der Waals surface area contributed by atoms with Crippen LogP contribution in [0, 0.1) is 5.92 Å². The molecule has 2 aromatic carbocycles. The van der Waals surface area contributed by atoms with Crippen molar-refractivity contribution in [2.75, 3.05) is 6.54 Å². The fourth-order valence-electron chi connectivity index (χ4n) is 4.81. The summed E-state index contributed by atoms with van der Waals surface area (Å²) in [4.78, 5) is 30.8. The molecule has 3 heterocycles. The van der Waals surface area contributed by atoms with Crippen molar-refractivity contribution in [1.82, 2.24) is 14.9 Å². The van der Waals surface area contributed by atoms with Gasteiger partial charge in [-0.1, -0.05) is 73.1 Å². The van der Waals surface area contributed by atoms with E-state index < -0.39 is 12.0 Å². The maximum Gasteiger partial charge on any atom is 0.308 e. The van der Waals surface area contributed by atoms with E-state index in [9.17, 15) is 9.59 Å². The summed E-state index contributed by atoms with van der Waals surface area (Å²) in [6.07, 6.45) is 10.6. The number of pyridine rings is 1. The van der Waals surface area contributed by atoms with E-state index in [-0.39, 0.29) is 31.0 Å². The minimum atomic E-state index is -0.792. The first-order chi connectivity index (χ1) is 20.0. The quantitative estimate of drug-likeness (QED) is 0.184. The van der Waals surface area contributed by atoms with Gasteiger partial charge in [0.25, 0.3) is 6.17 Å². The Bertz CT molecular complexity index is 1530. The van der Waals surface area contributed by atoms with Gasteiger partial charge in [-0.25, -0.2) is 0 Å². The van der Waals surface area contributed by atoms with Crippen molar-refractivity contribution in [2.45, 2.75) is 39.1 Å². The van der Waals surface area contributed by atoms with Gasteiger partial charge in [0.2, 0.25) is 5.91 Å². The van der Waals surface area contributed by atoms with Crippen molar-refractivity contribution in [1.29, 1.82) is 0 Å². The van der Waals surface area contributed by atoms with Gasteiger partial charge in [-0.15, -0.1) is 0 Å². The SMILES string of the molecule is CC(C)[C@H](NC(=O)[C@@H](CC(=O)OCc1ccccc1)n1ccc(-c2ccc(-c3ccncc3)cc2)c1)[N+]1=NC=CC1. The molecule has 2 aromatic heterocycles. The van der Waals surface area contributed by atoms with E-state index in [1.165, 1.54) is 0 Å². The van der Waals surface area contributed by atoms with Crippen molar-refractivity contribution < 1.29 is 19.0 Å². The minimum absolute atomic E-state index is 0.103. The van der Waals surface area contributed by atoms with Crippen LogP contribution in [0.4, 0.5) is 0 Å². The number of hydrogen-bond acceptors (Lipinski definition) is 5. The Morgan fingerprint density at radius 1 is 0.927 bits per heavy atom. The molecule has 1 aliphatic rings. The molecule has 5 rings (SSSR count). The monoisotopic (exact) mass is 548 g/mol. The Hall–Kier alpha value is -4.85. The van der Waals surface area contributed by atoms with Crippen LogP contribution >= 0.6 is 0 Å². The second-order valence-corrected chi connectivity index (χ2v) is 10.3. The highest BCUT2D eigenvalue weighted by molar-refractivity contribution is 5.85. The van der Waals surface area contributed by atoms with Gasteiger partial charge < -0.3 is 9.30 Å². The lowest BCUT2D eigenvalue weighted by molar-refractivity contribution is -0.622. The zero-order chi connectivity index (χ0) is 28.6. The smallest absolute Gasteiger partial charge is 0.308 e. The number of carbonyl (C=O) groups is 2. The number of hydrogen-bond donors (Lipinski definition) is 1. The molecule has 8 heteroatoms. The maximum absolute atomic E-state index is 13.7. The van der Waals surface area contributed by atoms with E-state index in [0.29, 0.717) is 6.54 Å². The molecule has 41 heavy (non-hydrogen) atoms. The van der Waals surface area contributed by atoms with Crippen LogP contribution in [0.25, 0.3) is 22.3 Å². The minimum Gasteiger partial charge on any atom is -0.461 e. The van der Waals surface area contributed by atoms with Crippen molar-refractivity contribution in [3.63, 3.8) is 0 Å². The lowest BCUT2D eigenvalue weighted by atomic mass is 10.0. The molecule has 4 aromatic rings. The number of amides is 1. The number of rotatable bonds is 11. The molecule has 1 amide bonds. The van der Waals surface area contributed by atoms with Gasteiger partial charge in [0.1, 0.15) is 12.6 Å². The van der Waals surface area contributed by atoms with Crippen LogP contribution in [0.1, 0.15) is 31.9 Å². The molecule has 0 radical (unpaired) electrons. The van der Waals surface area contributed by atoms with E-state index in [0.717, 1.165) is 27.8 Å². The molecule has 0 bridgehead atoms. The van der Waals surface area contributed by atoms with Crippen LogP contribution in [-0.2, 0) is 20.9 Å². The van der Waals surface area contributed by atoms with Crippen LogP contribution in [0.2, 0.25) is 0 Å².